The van der Waals surface area contributed by atoms with E-state index in [1.165, 1.54) is 18.2 Å². The Morgan fingerprint density at radius 3 is 2.38 bits per heavy atom. The number of carbonyl (C=O) groups excluding carboxylic acids is 4. The maximum atomic E-state index is 14.1. The molecule has 7 rings (SSSR count). The van der Waals surface area contributed by atoms with Crippen LogP contribution in [0.1, 0.15) is 40.2 Å². The van der Waals surface area contributed by atoms with Crippen LogP contribution in [0.5, 0.6) is 17.2 Å². The number of nitrogens with zero attached hydrogens (tertiary/aromatic N) is 1. The van der Waals surface area contributed by atoms with E-state index >= 15 is 0 Å². The van der Waals surface area contributed by atoms with E-state index in [0.29, 0.717) is 16.9 Å². The van der Waals surface area contributed by atoms with E-state index in [1.54, 1.807) is 12.1 Å². The molecule has 3 aliphatic carbocycles. The molecule has 0 aromatic heterocycles. The fourth-order valence-corrected chi connectivity index (χ4v) is 7.70. The van der Waals surface area contributed by atoms with E-state index in [9.17, 15) is 39.3 Å². The van der Waals surface area contributed by atoms with Crippen molar-refractivity contribution in [2.75, 3.05) is 4.90 Å². The topological polar surface area (TPSA) is 159 Å². The highest BCUT2D eigenvalue weighted by molar-refractivity contribution is 9.12. The standard InChI is InChI=1S/C36H26BrNO9/c37-26-15-29(41)32-25(33(26)42)14-24-20(30(32)21-9-7-19(13-28(21)40)47-16-17-4-2-1-3-5-17)10-11-23-31(24)35(44)38(34(23)43)18-6-8-22(36(45)46)27(39)12-18/h1-10,12-13,15,23-24,30-31,39-40H,11,14,16H2,(H,45,46). The highest BCUT2D eigenvalue weighted by atomic mass is 79.9. The van der Waals surface area contributed by atoms with Gasteiger partial charge in [-0.05, 0) is 58.5 Å². The van der Waals surface area contributed by atoms with Crippen LogP contribution >= 0.6 is 15.9 Å². The minimum Gasteiger partial charge on any atom is -0.507 e. The summed E-state index contributed by atoms with van der Waals surface area (Å²) in [5.74, 6) is -6.79. The third-order valence-corrected chi connectivity index (χ3v) is 9.95. The molecule has 3 aromatic carbocycles. The van der Waals surface area contributed by atoms with E-state index in [4.69, 9.17) is 4.74 Å². The van der Waals surface area contributed by atoms with Crippen LogP contribution in [0.2, 0.25) is 0 Å². The Balaban J connectivity index is 1.27. The van der Waals surface area contributed by atoms with Gasteiger partial charge in [-0.15, -0.1) is 0 Å². The highest BCUT2D eigenvalue weighted by Crippen LogP contribution is 2.56. The van der Waals surface area contributed by atoms with E-state index in [0.717, 1.165) is 22.6 Å². The summed E-state index contributed by atoms with van der Waals surface area (Å²) in [5, 5.41) is 30.9. The molecule has 2 amide bonds. The van der Waals surface area contributed by atoms with E-state index < -0.39 is 58.8 Å². The second kappa shape index (κ2) is 11.5. The summed E-state index contributed by atoms with van der Waals surface area (Å²) in [7, 11) is 0. The molecule has 1 saturated heterocycles. The number of ether oxygens (including phenoxy) is 1. The molecule has 10 nitrogen and oxygen atoms in total. The molecule has 0 bridgehead atoms. The van der Waals surface area contributed by atoms with Crippen LogP contribution in [0.4, 0.5) is 5.69 Å². The Bertz CT molecular complexity index is 2010. The van der Waals surface area contributed by atoms with Gasteiger partial charge in [0.25, 0.3) is 0 Å². The smallest absolute Gasteiger partial charge is 0.339 e. The lowest BCUT2D eigenvalue weighted by molar-refractivity contribution is -0.123. The molecule has 47 heavy (non-hydrogen) atoms. The second-order valence-corrected chi connectivity index (χ2v) is 12.8. The number of hydrogen-bond acceptors (Lipinski definition) is 8. The molecule has 236 valence electrons. The van der Waals surface area contributed by atoms with Gasteiger partial charge >= 0.3 is 5.97 Å². The first kappa shape index (κ1) is 30.4. The molecule has 0 saturated carbocycles. The molecule has 4 aliphatic rings. The summed E-state index contributed by atoms with van der Waals surface area (Å²) >= 11 is 3.20. The van der Waals surface area contributed by atoms with Crippen molar-refractivity contribution in [3.8, 4) is 17.2 Å². The van der Waals surface area contributed by atoms with Crippen molar-refractivity contribution >= 4 is 51.0 Å². The number of anilines is 1. The zero-order chi connectivity index (χ0) is 33.1. The van der Waals surface area contributed by atoms with E-state index in [2.05, 4.69) is 15.9 Å². The van der Waals surface area contributed by atoms with Crippen LogP contribution in [-0.4, -0.2) is 44.7 Å². The number of amides is 2. The number of aromatic carboxylic acids is 1. The number of ketones is 2. The lowest BCUT2D eigenvalue weighted by Crippen LogP contribution is -2.39. The van der Waals surface area contributed by atoms with Crippen LogP contribution < -0.4 is 9.64 Å². The van der Waals surface area contributed by atoms with Gasteiger partial charge in [-0.3, -0.25) is 19.2 Å². The minimum absolute atomic E-state index is 0.0292. The van der Waals surface area contributed by atoms with Gasteiger partial charge in [-0.25, -0.2) is 9.69 Å². The first-order chi connectivity index (χ1) is 22.5. The molecular formula is C36H26BrNO9. The SMILES string of the molecule is O=C1C=C(Br)C(=O)C2=C1C(c1ccc(OCc3ccccc3)cc1O)C1=CCC3C(=O)N(c4ccc(C(=O)O)c(O)c4)C(=O)C3C1C2. The summed E-state index contributed by atoms with van der Waals surface area (Å²) in [6.45, 7) is 0.268. The van der Waals surface area contributed by atoms with Gasteiger partial charge in [-0.2, -0.15) is 0 Å². The maximum absolute atomic E-state index is 14.1. The van der Waals surface area contributed by atoms with Gasteiger partial charge in [0.15, 0.2) is 11.6 Å². The van der Waals surface area contributed by atoms with Crippen molar-refractivity contribution in [2.24, 2.45) is 17.8 Å². The third kappa shape index (κ3) is 4.98. The number of Topliss-reactive ketones (excluding diaryl/α,β-unsaturated/α-hetero) is 1. The number of fused-ring (bicyclic) bond motifs is 3. The number of benzene rings is 3. The van der Waals surface area contributed by atoms with Crippen molar-refractivity contribution in [3.05, 3.63) is 117 Å². The van der Waals surface area contributed by atoms with Gasteiger partial charge in [0, 0.05) is 40.8 Å². The van der Waals surface area contributed by atoms with E-state index in [-0.39, 0.29) is 52.1 Å². The van der Waals surface area contributed by atoms with Crippen molar-refractivity contribution in [1.82, 2.24) is 0 Å². The molecule has 11 heteroatoms. The predicted octanol–water partition coefficient (Wildman–Crippen LogP) is 5.34. The molecule has 1 fully saturated rings. The zero-order valence-corrected chi connectivity index (χ0v) is 26.1. The number of phenolic OH excluding ortho intramolecular Hbond substituents is 1. The predicted molar refractivity (Wildman–Crippen MR) is 171 cm³/mol. The molecule has 1 heterocycles. The third-order valence-electron chi connectivity index (χ3n) is 9.36. The number of hydrogen-bond donors (Lipinski definition) is 3. The number of halogens is 1. The molecule has 3 aromatic rings. The summed E-state index contributed by atoms with van der Waals surface area (Å²) < 4.78 is 5.97. The average molecular weight is 697 g/mol. The number of rotatable bonds is 6. The number of aromatic hydroxyl groups is 2. The molecule has 4 unspecified atom stereocenters. The van der Waals surface area contributed by atoms with Crippen LogP contribution in [0.15, 0.2) is 100 Å². The molecule has 0 radical (unpaired) electrons. The summed E-state index contributed by atoms with van der Waals surface area (Å²) in [6.07, 6.45) is 3.23. The molecule has 1 aliphatic heterocycles. The number of carboxylic acids is 1. The number of carboxylic acid groups (broad SMARTS) is 1. The normalized spacial score (nSPS) is 23.6. The Morgan fingerprint density at radius 2 is 1.68 bits per heavy atom. The Labute approximate surface area is 276 Å². The number of allylic oxidation sites excluding steroid dienone is 6. The average Bonchev–Trinajstić information content (AvgIpc) is 3.31. The molecular weight excluding hydrogens is 670 g/mol. The van der Waals surface area contributed by atoms with E-state index in [1.807, 2.05) is 36.4 Å². The number of imide groups is 1. The largest absolute Gasteiger partial charge is 0.507 e. The highest BCUT2D eigenvalue weighted by Gasteiger charge is 2.57. The van der Waals surface area contributed by atoms with Crippen LogP contribution in [0.25, 0.3) is 0 Å². The quantitative estimate of drug-likeness (QED) is 0.176. The molecule has 4 atom stereocenters. The first-order valence-corrected chi connectivity index (χ1v) is 15.7. The van der Waals surface area contributed by atoms with Gasteiger partial charge < -0.3 is 20.1 Å². The summed E-state index contributed by atoms with van der Waals surface area (Å²) in [6, 6.07) is 17.8. The van der Waals surface area contributed by atoms with Gasteiger partial charge in [0.2, 0.25) is 11.8 Å². The van der Waals surface area contributed by atoms with Crippen LogP contribution in [0, 0.1) is 17.8 Å². The lowest BCUT2D eigenvalue weighted by atomic mass is 9.59. The first-order valence-electron chi connectivity index (χ1n) is 14.9. The van der Waals surface area contributed by atoms with Crippen molar-refractivity contribution in [2.45, 2.75) is 25.4 Å². The Morgan fingerprint density at radius 1 is 0.915 bits per heavy atom. The number of phenols is 2. The zero-order valence-electron chi connectivity index (χ0n) is 24.6. The minimum atomic E-state index is -1.36. The van der Waals surface area contributed by atoms with Gasteiger partial charge in [-0.1, -0.05) is 48.0 Å². The second-order valence-electron chi connectivity index (χ2n) is 11.9. The Hall–Kier alpha value is -5.29. The van der Waals surface area contributed by atoms with Crippen LogP contribution in [0.3, 0.4) is 0 Å². The molecule has 3 N–H and O–H groups in total. The van der Waals surface area contributed by atoms with Gasteiger partial charge in [0.05, 0.1) is 22.0 Å². The molecule has 0 spiro atoms. The van der Waals surface area contributed by atoms with Gasteiger partial charge in [0.1, 0.15) is 29.4 Å². The summed E-state index contributed by atoms with van der Waals surface area (Å²) in [5.41, 5.74) is 2.03. The fraction of sp³-hybridized carbons (Fsp3) is 0.194. The summed E-state index contributed by atoms with van der Waals surface area (Å²) in [4.78, 5) is 67.2. The monoisotopic (exact) mass is 695 g/mol. The van der Waals surface area contributed by atoms with Crippen molar-refractivity contribution in [3.63, 3.8) is 0 Å². The Kier molecular flexibility index (Phi) is 7.43. The van der Waals surface area contributed by atoms with Crippen molar-refractivity contribution in [1.29, 1.82) is 0 Å². The lowest BCUT2D eigenvalue weighted by Gasteiger charge is -2.42. The number of carbonyl (C=O) groups is 5. The maximum Gasteiger partial charge on any atom is 0.339 e. The van der Waals surface area contributed by atoms with Crippen molar-refractivity contribution < 1.29 is 44.0 Å². The fourth-order valence-electron chi connectivity index (χ4n) is 7.25. The van der Waals surface area contributed by atoms with Crippen LogP contribution in [-0.2, 0) is 25.8 Å².